The first-order valence-corrected chi connectivity index (χ1v) is 4.87. The first-order valence-electron chi connectivity index (χ1n) is 4.87. The summed E-state index contributed by atoms with van der Waals surface area (Å²) in [5.41, 5.74) is 3.53. The monoisotopic (exact) mass is 204 g/mol. The van der Waals surface area contributed by atoms with Gasteiger partial charge in [0.25, 0.3) is 0 Å². The van der Waals surface area contributed by atoms with Crippen LogP contribution in [0.25, 0.3) is 0 Å². The minimum absolute atomic E-state index is 0.370. The van der Waals surface area contributed by atoms with Gasteiger partial charge in [-0.05, 0) is 38.8 Å². The van der Waals surface area contributed by atoms with E-state index < -0.39 is 0 Å². The Kier molecular flexibility index (Phi) is 3.30. The van der Waals surface area contributed by atoms with E-state index in [-0.39, 0.29) is 5.97 Å². The number of hydrogen-bond acceptors (Lipinski definition) is 2. The average Bonchev–Trinajstić information content (AvgIpc) is 2.10. The Morgan fingerprint density at radius 2 is 1.67 bits per heavy atom. The number of esters is 1. The van der Waals surface area contributed by atoms with Crippen molar-refractivity contribution in [2.45, 2.75) is 27.7 Å². The number of benzene rings is 1. The highest BCUT2D eigenvalue weighted by atomic mass is 16.5. The molecule has 1 aromatic rings. The molecular weight excluding hydrogens is 188 g/mol. The van der Waals surface area contributed by atoms with Crippen molar-refractivity contribution in [3.05, 3.63) is 41.0 Å². The van der Waals surface area contributed by atoms with Crippen molar-refractivity contribution >= 4 is 5.97 Å². The standard InChI is InChI=1S/C13H16O2/c1-8(2)13(14)15-12-10(4)6-9(3)7-11(12)5/h6-7H,1H2,2-5H3. The van der Waals surface area contributed by atoms with Gasteiger partial charge in [-0.15, -0.1) is 0 Å². The number of aryl methyl sites for hydroxylation is 3. The Balaban J connectivity index is 3.05. The van der Waals surface area contributed by atoms with Gasteiger partial charge in [-0.25, -0.2) is 4.79 Å². The van der Waals surface area contributed by atoms with Gasteiger partial charge in [0.15, 0.2) is 0 Å². The molecule has 0 aliphatic heterocycles. The van der Waals surface area contributed by atoms with Gasteiger partial charge in [0, 0.05) is 5.57 Å². The third-order valence-electron chi connectivity index (χ3n) is 2.15. The molecule has 0 unspecified atom stereocenters. The molecule has 0 saturated heterocycles. The zero-order valence-electron chi connectivity index (χ0n) is 9.68. The second-order valence-electron chi connectivity index (χ2n) is 3.90. The van der Waals surface area contributed by atoms with Crippen molar-refractivity contribution in [3.8, 4) is 5.75 Å². The highest BCUT2D eigenvalue weighted by molar-refractivity contribution is 5.89. The summed E-state index contributed by atoms with van der Waals surface area (Å²) in [5.74, 6) is 0.277. The highest BCUT2D eigenvalue weighted by Crippen LogP contribution is 2.25. The van der Waals surface area contributed by atoms with Crippen molar-refractivity contribution in [1.82, 2.24) is 0 Å². The predicted molar refractivity (Wildman–Crippen MR) is 61.1 cm³/mol. The normalized spacial score (nSPS) is 9.87. The van der Waals surface area contributed by atoms with E-state index in [0.717, 1.165) is 11.1 Å². The molecule has 0 aliphatic rings. The summed E-state index contributed by atoms with van der Waals surface area (Å²) in [5, 5.41) is 0. The summed E-state index contributed by atoms with van der Waals surface area (Å²) in [6.45, 7) is 11.1. The molecule has 0 atom stereocenters. The van der Waals surface area contributed by atoms with Crippen LogP contribution in [0.5, 0.6) is 5.75 Å². The molecule has 0 aliphatic carbocycles. The van der Waals surface area contributed by atoms with Crippen molar-refractivity contribution < 1.29 is 9.53 Å². The first kappa shape index (κ1) is 11.5. The number of ether oxygens (including phenoxy) is 1. The molecule has 0 heterocycles. The zero-order chi connectivity index (χ0) is 11.6. The molecule has 0 amide bonds. The molecule has 0 bridgehead atoms. The predicted octanol–water partition coefficient (Wildman–Crippen LogP) is 3.09. The molecule has 1 rings (SSSR count). The first-order chi connectivity index (χ1) is 6.91. The molecule has 0 saturated carbocycles. The lowest BCUT2D eigenvalue weighted by Crippen LogP contribution is -2.10. The van der Waals surface area contributed by atoms with Crippen LogP contribution in [0.15, 0.2) is 24.3 Å². The summed E-state index contributed by atoms with van der Waals surface area (Å²) < 4.78 is 5.25. The summed E-state index contributed by atoms with van der Waals surface area (Å²) in [4.78, 5) is 11.4. The maximum atomic E-state index is 11.4. The Morgan fingerprint density at radius 1 is 1.20 bits per heavy atom. The maximum absolute atomic E-state index is 11.4. The lowest BCUT2D eigenvalue weighted by Gasteiger charge is -2.11. The van der Waals surface area contributed by atoms with Gasteiger partial charge in [-0.1, -0.05) is 24.3 Å². The molecule has 0 aromatic heterocycles. The molecule has 0 N–H and O–H groups in total. The summed E-state index contributed by atoms with van der Waals surface area (Å²) >= 11 is 0. The fourth-order valence-electron chi connectivity index (χ4n) is 1.51. The van der Waals surface area contributed by atoms with Gasteiger partial charge in [0.2, 0.25) is 0 Å². The molecule has 2 nitrogen and oxygen atoms in total. The van der Waals surface area contributed by atoms with E-state index >= 15 is 0 Å². The van der Waals surface area contributed by atoms with Crippen molar-refractivity contribution in [2.75, 3.05) is 0 Å². The lowest BCUT2D eigenvalue weighted by molar-refractivity contribution is -0.130. The van der Waals surface area contributed by atoms with Gasteiger partial charge in [0.1, 0.15) is 5.75 Å². The van der Waals surface area contributed by atoms with Crippen LogP contribution in [0.3, 0.4) is 0 Å². The SMILES string of the molecule is C=C(C)C(=O)Oc1c(C)cc(C)cc1C. The van der Waals surface area contributed by atoms with Crippen LogP contribution in [0.1, 0.15) is 23.6 Å². The van der Waals surface area contributed by atoms with Crippen molar-refractivity contribution in [2.24, 2.45) is 0 Å². The van der Waals surface area contributed by atoms with Gasteiger partial charge in [0.05, 0.1) is 0 Å². The van der Waals surface area contributed by atoms with Gasteiger partial charge in [-0.2, -0.15) is 0 Å². The smallest absolute Gasteiger partial charge is 0.338 e. The second-order valence-corrected chi connectivity index (χ2v) is 3.90. The van der Waals surface area contributed by atoms with E-state index in [1.807, 2.05) is 32.9 Å². The van der Waals surface area contributed by atoms with Crippen molar-refractivity contribution in [3.63, 3.8) is 0 Å². The van der Waals surface area contributed by atoms with E-state index in [4.69, 9.17) is 4.74 Å². The highest BCUT2D eigenvalue weighted by Gasteiger charge is 2.10. The molecule has 0 fully saturated rings. The Labute approximate surface area is 90.6 Å². The largest absolute Gasteiger partial charge is 0.423 e. The van der Waals surface area contributed by atoms with E-state index in [2.05, 4.69) is 6.58 Å². The fourth-order valence-corrected chi connectivity index (χ4v) is 1.51. The minimum atomic E-state index is -0.370. The minimum Gasteiger partial charge on any atom is -0.423 e. The van der Waals surface area contributed by atoms with E-state index in [1.165, 1.54) is 5.56 Å². The topological polar surface area (TPSA) is 26.3 Å². The van der Waals surface area contributed by atoms with Crippen LogP contribution >= 0.6 is 0 Å². The van der Waals surface area contributed by atoms with Crippen LogP contribution in [0, 0.1) is 20.8 Å². The van der Waals surface area contributed by atoms with Crippen LogP contribution < -0.4 is 4.74 Å². The summed E-state index contributed by atoms with van der Waals surface area (Å²) in [6.07, 6.45) is 0. The number of hydrogen-bond donors (Lipinski definition) is 0. The molecule has 2 heteroatoms. The molecule has 1 aromatic carbocycles. The molecule has 0 spiro atoms. The van der Waals surface area contributed by atoms with E-state index in [0.29, 0.717) is 11.3 Å². The number of carbonyl (C=O) groups is 1. The number of rotatable bonds is 2. The zero-order valence-corrected chi connectivity index (χ0v) is 9.68. The van der Waals surface area contributed by atoms with Gasteiger partial charge >= 0.3 is 5.97 Å². The van der Waals surface area contributed by atoms with Gasteiger partial charge in [-0.3, -0.25) is 0 Å². The third-order valence-corrected chi connectivity index (χ3v) is 2.15. The van der Waals surface area contributed by atoms with Crippen LogP contribution in [0.2, 0.25) is 0 Å². The third kappa shape index (κ3) is 2.69. The molecule has 0 radical (unpaired) electrons. The number of carbonyl (C=O) groups excluding carboxylic acids is 1. The second kappa shape index (κ2) is 4.30. The Hall–Kier alpha value is -1.57. The molecular formula is C13H16O2. The summed E-state index contributed by atoms with van der Waals surface area (Å²) in [6, 6.07) is 3.99. The van der Waals surface area contributed by atoms with Crippen LogP contribution in [0.4, 0.5) is 0 Å². The lowest BCUT2D eigenvalue weighted by atomic mass is 10.1. The summed E-state index contributed by atoms with van der Waals surface area (Å²) in [7, 11) is 0. The molecule has 80 valence electrons. The molecule has 15 heavy (non-hydrogen) atoms. The average molecular weight is 204 g/mol. The quantitative estimate of drug-likeness (QED) is 0.420. The maximum Gasteiger partial charge on any atom is 0.338 e. The van der Waals surface area contributed by atoms with E-state index in [1.54, 1.807) is 6.92 Å². The van der Waals surface area contributed by atoms with Crippen LogP contribution in [-0.4, -0.2) is 5.97 Å². The van der Waals surface area contributed by atoms with Crippen molar-refractivity contribution in [1.29, 1.82) is 0 Å². The Morgan fingerprint density at radius 3 is 2.07 bits per heavy atom. The van der Waals surface area contributed by atoms with Gasteiger partial charge < -0.3 is 4.74 Å². The fraction of sp³-hybridized carbons (Fsp3) is 0.308. The Bertz CT molecular complexity index is 394. The van der Waals surface area contributed by atoms with E-state index in [9.17, 15) is 4.79 Å². The van der Waals surface area contributed by atoms with Crippen LogP contribution in [-0.2, 0) is 4.79 Å².